The Kier molecular flexibility index (Phi) is 5.10. The Bertz CT molecular complexity index is 207. The van der Waals surface area contributed by atoms with Crippen LogP contribution in [0.3, 0.4) is 0 Å². The van der Waals surface area contributed by atoms with E-state index in [1.54, 1.807) is 0 Å². The Balaban J connectivity index is 5.28. The number of hydrogen-bond acceptors (Lipinski definition) is 0. The molecule has 0 heteroatoms. The largest absolute Gasteiger partial charge is 0.0625 e. The van der Waals surface area contributed by atoms with Gasteiger partial charge in [0, 0.05) is 0 Å². The van der Waals surface area contributed by atoms with Crippen LogP contribution in [0.5, 0.6) is 0 Å². The van der Waals surface area contributed by atoms with E-state index < -0.39 is 0 Å². The molecule has 0 saturated carbocycles. The molecule has 0 aliphatic rings. The van der Waals surface area contributed by atoms with Crippen LogP contribution >= 0.6 is 0 Å². The molecule has 98 valence electrons. The summed E-state index contributed by atoms with van der Waals surface area (Å²) in [6.07, 6.45) is 0. The monoisotopic (exact) mass is 226 g/mol. The molecule has 0 aromatic heterocycles. The number of rotatable bonds is 4. The maximum Gasteiger partial charge on any atom is -0.0244 e. The second-order valence-corrected chi connectivity index (χ2v) is 7.64. The highest BCUT2D eigenvalue weighted by atomic mass is 14.5. The molecule has 0 spiro atoms. The molecule has 16 heavy (non-hydrogen) atoms. The molecule has 0 fully saturated rings. The van der Waals surface area contributed by atoms with Crippen LogP contribution in [-0.2, 0) is 0 Å². The molecule has 0 radical (unpaired) electrons. The molecule has 0 heterocycles. The number of hydrogen-bond donors (Lipinski definition) is 0. The van der Waals surface area contributed by atoms with Crippen molar-refractivity contribution in [1.82, 2.24) is 0 Å². The van der Waals surface area contributed by atoms with Crippen molar-refractivity contribution in [3.63, 3.8) is 0 Å². The van der Waals surface area contributed by atoms with Crippen molar-refractivity contribution in [2.24, 2.45) is 34.5 Å². The molecule has 0 aromatic carbocycles. The molecular formula is C16H34. The Labute approximate surface area is 104 Å². The van der Waals surface area contributed by atoms with Crippen molar-refractivity contribution in [3.8, 4) is 0 Å². The van der Waals surface area contributed by atoms with Crippen molar-refractivity contribution < 1.29 is 0 Å². The van der Waals surface area contributed by atoms with Crippen molar-refractivity contribution in [2.45, 2.75) is 69.2 Å². The van der Waals surface area contributed by atoms with E-state index in [0.29, 0.717) is 10.8 Å². The van der Waals surface area contributed by atoms with E-state index in [9.17, 15) is 0 Å². The molecule has 3 atom stereocenters. The van der Waals surface area contributed by atoms with E-state index in [4.69, 9.17) is 0 Å². The molecule has 0 nitrogen and oxygen atoms in total. The van der Waals surface area contributed by atoms with E-state index in [2.05, 4.69) is 69.2 Å². The standard InChI is InChI=1S/C16H34/c1-11(2)13(5)16(10,12(3)4)14(6)15(7,8)9/h11-14H,1-10H3. The molecular weight excluding hydrogens is 192 g/mol. The highest BCUT2D eigenvalue weighted by Crippen LogP contribution is 2.51. The molecule has 0 N–H and O–H groups in total. The summed E-state index contributed by atoms with van der Waals surface area (Å²) < 4.78 is 0. The van der Waals surface area contributed by atoms with Crippen molar-refractivity contribution in [3.05, 3.63) is 0 Å². The lowest BCUT2D eigenvalue weighted by molar-refractivity contribution is -0.0249. The van der Waals surface area contributed by atoms with Gasteiger partial charge >= 0.3 is 0 Å². The minimum absolute atomic E-state index is 0.391. The lowest BCUT2D eigenvalue weighted by Gasteiger charge is -2.51. The maximum absolute atomic E-state index is 2.50. The molecule has 0 rings (SSSR count). The molecule has 0 aromatic rings. The summed E-state index contributed by atoms with van der Waals surface area (Å²) in [5.41, 5.74) is 0.814. The van der Waals surface area contributed by atoms with Crippen LogP contribution in [0.1, 0.15) is 69.2 Å². The third-order valence-electron chi connectivity index (χ3n) is 5.46. The summed E-state index contributed by atoms with van der Waals surface area (Å²) in [6, 6.07) is 0. The summed E-state index contributed by atoms with van der Waals surface area (Å²) in [4.78, 5) is 0. The Morgan fingerprint density at radius 2 is 1.06 bits per heavy atom. The van der Waals surface area contributed by atoms with E-state index >= 15 is 0 Å². The van der Waals surface area contributed by atoms with Gasteiger partial charge in [-0.3, -0.25) is 0 Å². The predicted octanol–water partition coefficient (Wildman–Crippen LogP) is 5.62. The first-order chi connectivity index (χ1) is 6.95. The van der Waals surface area contributed by atoms with Crippen molar-refractivity contribution >= 4 is 0 Å². The molecule has 0 bridgehead atoms. The third kappa shape index (κ3) is 3.02. The first kappa shape index (κ1) is 16.0. The quantitative estimate of drug-likeness (QED) is 0.583. The lowest BCUT2D eigenvalue weighted by atomic mass is 9.54. The summed E-state index contributed by atoms with van der Waals surface area (Å²) in [6.45, 7) is 24.0. The Morgan fingerprint density at radius 3 is 1.25 bits per heavy atom. The second kappa shape index (κ2) is 5.10. The SMILES string of the molecule is CC(C)C(C)C(C)(C(C)C)C(C)C(C)(C)C. The lowest BCUT2D eigenvalue weighted by Crippen LogP contribution is -2.44. The average molecular weight is 226 g/mol. The van der Waals surface area contributed by atoms with Crippen LogP contribution in [-0.4, -0.2) is 0 Å². The van der Waals surface area contributed by atoms with Crippen LogP contribution in [0.15, 0.2) is 0 Å². The summed E-state index contributed by atoms with van der Waals surface area (Å²) in [7, 11) is 0. The molecule has 0 aliphatic heterocycles. The highest BCUT2D eigenvalue weighted by Gasteiger charge is 2.44. The zero-order chi connectivity index (χ0) is 13.3. The van der Waals surface area contributed by atoms with Gasteiger partial charge in [-0.15, -0.1) is 0 Å². The van der Waals surface area contributed by atoms with Gasteiger partial charge in [0.1, 0.15) is 0 Å². The van der Waals surface area contributed by atoms with Crippen LogP contribution in [0.2, 0.25) is 0 Å². The average Bonchev–Trinajstić information content (AvgIpc) is 2.12. The first-order valence-electron chi connectivity index (χ1n) is 6.95. The summed E-state index contributed by atoms with van der Waals surface area (Å²) in [5.74, 6) is 3.00. The molecule has 3 unspecified atom stereocenters. The van der Waals surface area contributed by atoms with E-state index in [-0.39, 0.29) is 0 Å². The van der Waals surface area contributed by atoms with Crippen molar-refractivity contribution in [1.29, 1.82) is 0 Å². The van der Waals surface area contributed by atoms with E-state index in [1.165, 1.54) is 0 Å². The fourth-order valence-electron chi connectivity index (χ4n) is 3.07. The van der Waals surface area contributed by atoms with Crippen molar-refractivity contribution in [2.75, 3.05) is 0 Å². The fraction of sp³-hybridized carbons (Fsp3) is 1.00. The van der Waals surface area contributed by atoms with Crippen LogP contribution in [0.4, 0.5) is 0 Å². The van der Waals surface area contributed by atoms with Gasteiger partial charge < -0.3 is 0 Å². The smallest absolute Gasteiger partial charge is 0.0244 e. The topological polar surface area (TPSA) is 0 Å². The second-order valence-electron chi connectivity index (χ2n) is 7.64. The van der Waals surface area contributed by atoms with Gasteiger partial charge in [-0.1, -0.05) is 69.2 Å². The third-order valence-corrected chi connectivity index (χ3v) is 5.46. The first-order valence-corrected chi connectivity index (χ1v) is 6.95. The van der Waals surface area contributed by atoms with Gasteiger partial charge in [-0.05, 0) is 34.5 Å². The predicted molar refractivity (Wildman–Crippen MR) is 75.6 cm³/mol. The molecule has 0 saturated heterocycles. The maximum atomic E-state index is 2.50. The van der Waals surface area contributed by atoms with Gasteiger partial charge in [0.2, 0.25) is 0 Å². The normalized spacial score (nSPS) is 21.0. The van der Waals surface area contributed by atoms with Gasteiger partial charge in [0.05, 0.1) is 0 Å². The Morgan fingerprint density at radius 1 is 0.688 bits per heavy atom. The highest BCUT2D eigenvalue weighted by molar-refractivity contribution is 4.93. The van der Waals surface area contributed by atoms with Gasteiger partial charge in [-0.25, -0.2) is 0 Å². The van der Waals surface area contributed by atoms with Gasteiger partial charge in [-0.2, -0.15) is 0 Å². The fourth-order valence-corrected chi connectivity index (χ4v) is 3.07. The van der Waals surface area contributed by atoms with Crippen LogP contribution in [0, 0.1) is 34.5 Å². The van der Waals surface area contributed by atoms with E-state index in [1.807, 2.05) is 0 Å². The molecule has 0 aliphatic carbocycles. The van der Waals surface area contributed by atoms with Crippen LogP contribution < -0.4 is 0 Å². The summed E-state index contributed by atoms with van der Waals surface area (Å²) >= 11 is 0. The summed E-state index contributed by atoms with van der Waals surface area (Å²) in [5, 5.41) is 0. The molecule has 0 amide bonds. The minimum atomic E-state index is 0.391. The van der Waals surface area contributed by atoms with E-state index in [0.717, 1.165) is 23.7 Å². The van der Waals surface area contributed by atoms with Gasteiger partial charge in [0.25, 0.3) is 0 Å². The Hall–Kier alpha value is 0. The van der Waals surface area contributed by atoms with Crippen LogP contribution in [0.25, 0.3) is 0 Å². The van der Waals surface area contributed by atoms with Gasteiger partial charge in [0.15, 0.2) is 0 Å². The zero-order valence-electron chi connectivity index (χ0n) is 13.3. The zero-order valence-corrected chi connectivity index (χ0v) is 13.3. The minimum Gasteiger partial charge on any atom is -0.0625 e.